The van der Waals surface area contributed by atoms with Gasteiger partial charge in [0, 0.05) is 19.1 Å². The number of hydrogen-bond acceptors (Lipinski definition) is 2. The zero-order chi connectivity index (χ0) is 12.3. The highest BCUT2D eigenvalue weighted by molar-refractivity contribution is 5.80. The van der Waals surface area contributed by atoms with Crippen molar-refractivity contribution >= 4 is 5.91 Å². The Bertz CT molecular complexity index is 343. The largest absolute Gasteiger partial charge is 0.352 e. The van der Waals surface area contributed by atoms with E-state index >= 15 is 0 Å². The summed E-state index contributed by atoms with van der Waals surface area (Å²) in [5.41, 5.74) is 0.626. The molecule has 0 aromatic carbocycles. The van der Waals surface area contributed by atoms with Crippen LogP contribution < -0.4 is 10.6 Å². The third-order valence-electron chi connectivity index (χ3n) is 5.71. The highest BCUT2D eigenvalue weighted by Crippen LogP contribution is 2.62. The molecule has 0 spiro atoms. The first-order valence-electron chi connectivity index (χ1n) is 6.94. The Hall–Kier alpha value is -0.570. The highest BCUT2D eigenvalue weighted by atomic mass is 16.2. The van der Waals surface area contributed by atoms with Gasteiger partial charge in [0.2, 0.25) is 5.91 Å². The van der Waals surface area contributed by atoms with Crippen molar-refractivity contribution in [2.45, 2.75) is 46.1 Å². The van der Waals surface area contributed by atoms with Gasteiger partial charge < -0.3 is 10.6 Å². The van der Waals surface area contributed by atoms with E-state index in [1.807, 2.05) is 0 Å². The van der Waals surface area contributed by atoms with Crippen LogP contribution in [0, 0.1) is 22.7 Å². The van der Waals surface area contributed by atoms with E-state index in [0.717, 1.165) is 19.0 Å². The third kappa shape index (κ3) is 1.55. The lowest BCUT2D eigenvalue weighted by atomic mass is 9.68. The molecule has 0 radical (unpaired) electrons. The van der Waals surface area contributed by atoms with Crippen LogP contribution in [-0.2, 0) is 4.79 Å². The summed E-state index contributed by atoms with van der Waals surface area (Å²) in [6.45, 7) is 8.77. The Morgan fingerprint density at radius 1 is 1.29 bits per heavy atom. The number of rotatable bonds is 2. The molecule has 3 aliphatic rings. The predicted molar refractivity (Wildman–Crippen MR) is 67.5 cm³/mol. The van der Waals surface area contributed by atoms with Crippen LogP contribution in [0.2, 0.25) is 0 Å². The summed E-state index contributed by atoms with van der Waals surface area (Å²) >= 11 is 0. The summed E-state index contributed by atoms with van der Waals surface area (Å²) in [5, 5.41) is 6.53. The first kappa shape index (κ1) is 11.5. The molecule has 0 aromatic rings. The maximum atomic E-state index is 12.1. The minimum atomic E-state index is 0.216. The molecule has 3 nitrogen and oxygen atoms in total. The van der Waals surface area contributed by atoms with Crippen LogP contribution in [0.15, 0.2) is 0 Å². The number of hydrogen-bond donors (Lipinski definition) is 2. The van der Waals surface area contributed by atoms with E-state index < -0.39 is 0 Å². The number of nitrogens with one attached hydrogen (secondary N) is 2. The molecule has 0 aromatic heterocycles. The first-order chi connectivity index (χ1) is 7.93. The van der Waals surface area contributed by atoms with E-state index in [-0.39, 0.29) is 17.2 Å². The number of amides is 1. The standard InChI is InChI=1S/C14H24N2O/c1-13(2)10-4-5-14(3,6-10)12(13)16-11(17)9-7-15-8-9/h9-10,12,15H,4-8H2,1-3H3,(H,16,17). The smallest absolute Gasteiger partial charge is 0.225 e. The third-order valence-corrected chi connectivity index (χ3v) is 5.71. The quantitative estimate of drug-likeness (QED) is 0.763. The molecule has 2 N–H and O–H groups in total. The monoisotopic (exact) mass is 236 g/mol. The van der Waals surface area contributed by atoms with Gasteiger partial charge in [0.25, 0.3) is 0 Å². The normalized spacial score (nSPS) is 43.5. The summed E-state index contributed by atoms with van der Waals surface area (Å²) < 4.78 is 0. The van der Waals surface area contributed by atoms with Crippen molar-refractivity contribution in [1.29, 1.82) is 0 Å². The van der Waals surface area contributed by atoms with Crippen LogP contribution >= 0.6 is 0 Å². The summed E-state index contributed by atoms with van der Waals surface area (Å²) in [4.78, 5) is 12.1. The molecule has 17 heavy (non-hydrogen) atoms. The Kier molecular flexibility index (Phi) is 2.35. The number of carbonyl (C=O) groups is 1. The second-order valence-electron chi connectivity index (χ2n) is 7.21. The van der Waals surface area contributed by atoms with Gasteiger partial charge in [-0.1, -0.05) is 20.8 Å². The molecule has 96 valence electrons. The fourth-order valence-corrected chi connectivity index (χ4v) is 4.40. The molecule has 1 amide bonds. The molecule has 1 aliphatic heterocycles. The SMILES string of the molecule is CC12CCC(C1)C(C)(C)C2NC(=O)C1CNC1. The van der Waals surface area contributed by atoms with Crippen molar-refractivity contribution in [2.24, 2.45) is 22.7 Å². The highest BCUT2D eigenvalue weighted by Gasteiger charge is 2.59. The Morgan fingerprint density at radius 2 is 2.00 bits per heavy atom. The molecule has 3 heteroatoms. The maximum Gasteiger partial charge on any atom is 0.225 e. The van der Waals surface area contributed by atoms with E-state index in [1.165, 1.54) is 19.3 Å². The maximum absolute atomic E-state index is 12.1. The van der Waals surface area contributed by atoms with Gasteiger partial charge in [-0.25, -0.2) is 0 Å². The zero-order valence-corrected chi connectivity index (χ0v) is 11.2. The van der Waals surface area contributed by atoms with Crippen molar-refractivity contribution in [3.05, 3.63) is 0 Å². The average molecular weight is 236 g/mol. The van der Waals surface area contributed by atoms with Gasteiger partial charge in [-0.3, -0.25) is 4.79 Å². The first-order valence-corrected chi connectivity index (χ1v) is 6.94. The van der Waals surface area contributed by atoms with Crippen LogP contribution in [0.4, 0.5) is 0 Å². The molecular formula is C14H24N2O. The van der Waals surface area contributed by atoms with Gasteiger partial charge in [0.15, 0.2) is 0 Å². The molecule has 1 heterocycles. The Labute approximate surface area is 104 Å². The summed E-state index contributed by atoms with van der Waals surface area (Å²) in [6.07, 6.45) is 3.93. The fourth-order valence-electron chi connectivity index (χ4n) is 4.40. The van der Waals surface area contributed by atoms with Crippen LogP contribution in [-0.4, -0.2) is 25.0 Å². The van der Waals surface area contributed by atoms with E-state index in [0.29, 0.717) is 11.5 Å². The Morgan fingerprint density at radius 3 is 2.47 bits per heavy atom. The fraction of sp³-hybridized carbons (Fsp3) is 0.929. The van der Waals surface area contributed by atoms with Crippen LogP contribution in [0.25, 0.3) is 0 Å². The van der Waals surface area contributed by atoms with Gasteiger partial charge in [-0.15, -0.1) is 0 Å². The average Bonchev–Trinajstić information content (AvgIpc) is 2.61. The van der Waals surface area contributed by atoms with E-state index in [2.05, 4.69) is 31.4 Å². The summed E-state index contributed by atoms with van der Waals surface area (Å²) in [6, 6.07) is 0.377. The number of carbonyl (C=O) groups excluding carboxylic acids is 1. The van der Waals surface area contributed by atoms with Gasteiger partial charge in [-0.05, 0) is 36.0 Å². The second kappa shape index (κ2) is 3.47. The molecular weight excluding hydrogens is 212 g/mol. The summed E-state index contributed by atoms with van der Waals surface area (Å²) in [7, 11) is 0. The van der Waals surface area contributed by atoms with Gasteiger partial charge >= 0.3 is 0 Å². The molecule has 3 atom stereocenters. The Balaban J connectivity index is 1.75. The van der Waals surface area contributed by atoms with Crippen molar-refractivity contribution in [2.75, 3.05) is 13.1 Å². The molecule has 2 bridgehead atoms. The summed E-state index contributed by atoms with van der Waals surface area (Å²) in [5.74, 6) is 1.29. The van der Waals surface area contributed by atoms with E-state index in [1.54, 1.807) is 0 Å². The van der Waals surface area contributed by atoms with E-state index in [4.69, 9.17) is 0 Å². The van der Waals surface area contributed by atoms with Gasteiger partial charge in [0.05, 0.1) is 5.92 Å². The van der Waals surface area contributed by atoms with Gasteiger partial charge in [-0.2, -0.15) is 0 Å². The molecule has 3 rings (SSSR count). The molecule has 1 saturated heterocycles. The zero-order valence-electron chi connectivity index (χ0n) is 11.2. The van der Waals surface area contributed by atoms with Crippen molar-refractivity contribution < 1.29 is 4.79 Å². The molecule has 3 fully saturated rings. The van der Waals surface area contributed by atoms with Crippen molar-refractivity contribution in [3.8, 4) is 0 Å². The van der Waals surface area contributed by atoms with E-state index in [9.17, 15) is 4.79 Å². The molecule has 3 unspecified atom stereocenters. The lowest BCUT2D eigenvalue weighted by Crippen LogP contribution is -2.58. The van der Waals surface area contributed by atoms with Crippen LogP contribution in [0.3, 0.4) is 0 Å². The van der Waals surface area contributed by atoms with Crippen molar-refractivity contribution in [3.63, 3.8) is 0 Å². The molecule has 2 aliphatic carbocycles. The second-order valence-corrected chi connectivity index (χ2v) is 7.21. The minimum Gasteiger partial charge on any atom is -0.352 e. The predicted octanol–water partition coefficient (Wildman–Crippen LogP) is 1.54. The van der Waals surface area contributed by atoms with Crippen molar-refractivity contribution in [1.82, 2.24) is 10.6 Å². The van der Waals surface area contributed by atoms with Gasteiger partial charge in [0.1, 0.15) is 0 Å². The minimum absolute atomic E-state index is 0.216. The topological polar surface area (TPSA) is 41.1 Å². The lowest BCUT2D eigenvalue weighted by Gasteiger charge is -2.44. The lowest BCUT2D eigenvalue weighted by molar-refractivity contribution is -0.129. The van der Waals surface area contributed by atoms with Crippen LogP contribution in [0.1, 0.15) is 40.0 Å². The van der Waals surface area contributed by atoms with Crippen LogP contribution in [0.5, 0.6) is 0 Å². The number of fused-ring (bicyclic) bond motifs is 2. The molecule has 2 saturated carbocycles.